The van der Waals surface area contributed by atoms with Gasteiger partial charge in [0.2, 0.25) is 0 Å². The van der Waals surface area contributed by atoms with Gasteiger partial charge >= 0.3 is 0 Å². The quantitative estimate of drug-likeness (QED) is 0.650. The van der Waals surface area contributed by atoms with Gasteiger partial charge in [-0.05, 0) is 40.3 Å². The van der Waals surface area contributed by atoms with Gasteiger partial charge in [0.05, 0.1) is 0 Å². The van der Waals surface area contributed by atoms with E-state index >= 15 is 0 Å². The van der Waals surface area contributed by atoms with Crippen LogP contribution < -0.4 is 5.32 Å². The van der Waals surface area contributed by atoms with Gasteiger partial charge < -0.3 is 10.2 Å². The van der Waals surface area contributed by atoms with Crippen LogP contribution in [0.15, 0.2) is 12.2 Å². The van der Waals surface area contributed by atoms with E-state index in [-0.39, 0.29) is 0 Å². The molecule has 0 amide bonds. The van der Waals surface area contributed by atoms with E-state index in [1.807, 2.05) is 0 Å². The first-order valence-electron chi connectivity index (χ1n) is 5.09. The normalized spacial score (nSPS) is 20.0. The van der Waals surface area contributed by atoms with Gasteiger partial charge in [-0.1, -0.05) is 12.2 Å². The molecular formula is C11H22N2. The van der Waals surface area contributed by atoms with Crippen LogP contribution in [0.1, 0.15) is 26.2 Å². The second kappa shape index (κ2) is 4.25. The minimum absolute atomic E-state index is 0.440. The summed E-state index contributed by atoms with van der Waals surface area (Å²) in [6.45, 7) is 8.01. The topological polar surface area (TPSA) is 15.3 Å². The van der Waals surface area contributed by atoms with Gasteiger partial charge in [-0.15, -0.1) is 0 Å². The predicted octanol–water partition coefficient (Wildman–Crippen LogP) is 1.64. The van der Waals surface area contributed by atoms with Gasteiger partial charge in [0, 0.05) is 18.6 Å². The summed E-state index contributed by atoms with van der Waals surface area (Å²) in [7, 11) is 4.36. The molecule has 0 aromatic rings. The highest BCUT2D eigenvalue weighted by molar-refractivity contribution is 4.99. The van der Waals surface area contributed by atoms with Gasteiger partial charge in [0.1, 0.15) is 0 Å². The van der Waals surface area contributed by atoms with E-state index in [2.05, 4.69) is 37.8 Å². The molecule has 0 bridgehead atoms. The van der Waals surface area contributed by atoms with Gasteiger partial charge in [0.15, 0.2) is 0 Å². The Morgan fingerprint density at radius 1 is 1.46 bits per heavy atom. The fourth-order valence-electron chi connectivity index (χ4n) is 1.88. The minimum Gasteiger partial charge on any atom is -0.311 e. The van der Waals surface area contributed by atoms with Gasteiger partial charge in [-0.2, -0.15) is 0 Å². The van der Waals surface area contributed by atoms with Crippen molar-refractivity contribution in [1.29, 1.82) is 0 Å². The zero-order valence-corrected chi connectivity index (χ0v) is 9.19. The second-order valence-electron chi connectivity index (χ2n) is 4.53. The first kappa shape index (κ1) is 10.7. The summed E-state index contributed by atoms with van der Waals surface area (Å²) in [5, 5.41) is 3.47. The van der Waals surface area contributed by atoms with Crippen LogP contribution in [-0.2, 0) is 0 Å². The molecular weight excluding hydrogens is 160 g/mol. The zero-order chi connectivity index (χ0) is 9.90. The molecule has 0 radical (unpaired) electrons. The lowest BCUT2D eigenvalue weighted by molar-refractivity contribution is 0.0610. The summed E-state index contributed by atoms with van der Waals surface area (Å²) in [4.78, 5) is 2.36. The molecule has 1 saturated carbocycles. The minimum atomic E-state index is 0.440. The Kier molecular flexibility index (Phi) is 3.51. The maximum atomic E-state index is 3.89. The lowest BCUT2D eigenvalue weighted by atomic mass is 9.75. The summed E-state index contributed by atoms with van der Waals surface area (Å²) in [5.41, 5.74) is 1.66. The van der Waals surface area contributed by atoms with Crippen molar-refractivity contribution in [2.75, 3.05) is 27.2 Å². The number of hydrogen-bond donors (Lipinski definition) is 1. The van der Waals surface area contributed by atoms with E-state index in [0.29, 0.717) is 5.54 Å². The van der Waals surface area contributed by atoms with Crippen molar-refractivity contribution in [2.24, 2.45) is 0 Å². The molecule has 0 aromatic carbocycles. The summed E-state index contributed by atoms with van der Waals surface area (Å²) in [5.74, 6) is 0. The van der Waals surface area contributed by atoms with Crippen molar-refractivity contribution >= 4 is 0 Å². The standard InChI is InChI=1S/C11H22N2/c1-10(2)8-12-9-11(13(3)4)6-5-7-11/h12H,1,5-9H2,2-4H3. The van der Waals surface area contributed by atoms with E-state index in [1.54, 1.807) is 0 Å². The molecule has 0 aromatic heterocycles. The second-order valence-corrected chi connectivity index (χ2v) is 4.53. The average molecular weight is 182 g/mol. The molecule has 1 fully saturated rings. The number of likely N-dealkylation sites (N-methyl/N-ethyl adjacent to an activating group) is 1. The molecule has 1 aliphatic carbocycles. The van der Waals surface area contributed by atoms with Gasteiger partial charge in [-0.25, -0.2) is 0 Å². The molecule has 76 valence electrons. The Morgan fingerprint density at radius 2 is 2.08 bits per heavy atom. The van der Waals surface area contributed by atoms with Crippen LogP contribution in [-0.4, -0.2) is 37.6 Å². The largest absolute Gasteiger partial charge is 0.311 e. The summed E-state index contributed by atoms with van der Waals surface area (Å²) in [6.07, 6.45) is 4.05. The highest BCUT2D eigenvalue weighted by Crippen LogP contribution is 2.35. The van der Waals surface area contributed by atoms with E-state index in [0.717, 1.165) is 13.1 Å². The number of hydrogen-bond acceptors (Lipinski definition) is 2. The third kappa shape index (κ3) is 2.55. The fraction of sp³-hybridized carbons (Fsp3) is 0.818. The fourth-order valence-corrected chi connectivity index (χ4v) is 1.88. The highest BCUT2D eigenvalue weighted by atomic mass is 15.2. The summed E-state index contributed by atoms with van der Waals surface area (Å²) < 4.78 is 0. The molecule has 13 heavy (non-hydrogen) atoms. The Bertz CT molecular complexity index is 181. The molecule has 0 atom stereocenters. The molecule has 0 spiro atoms. The lowest BCUT2D eigenvalue weighted by Crippen LogP contribution is -2.56. The van der Waals surface area contributed by atoms with Crippen molar-refractivity contribution in [3.05, 3.63) is 12.2 Å². The molecule has 2 nitrogen and oxygen atoms in total. The van der Waals surface area contributed by atoms with Crippen molar-refractivity contribution in [2.45, 2.75) is 31.7 Å². The van der Waals surface area contributed by atoms with Crippen molar-refractivity contribution in [3.8, 4) is 0 Å². The average Bonchev–Trinajstić information content (AvgIpc) is 1.93. The Morgan fingerprint density at radius 3 is 2.38 bits per heavy atom. The van der Waals surface area contributed by atoms with Crippen LogP contribution >= 0.6 is 0 Å². The number of nitrogens with zero attached hydrogens (tertiary/aromatic N) is 1. The Hall–Kier alpha value is -0.340. The van der Waals surface area contributed by atoms with Crippen LogP contribution in [0.2, 0.25) is 0 Å². The van der Waals surface area contributed by atoms with E-state index in [4.69, 9.17) is 0 Å². The maximum Gasteiger partial charge on any atom is 0.0328 e. The molecule has 0 unspecified atom stereocenters. The first-order chi connectivity index (χ1) is 6.07. The molecule has 1 rings (SSSR count). The van der Waals surface area contributed by atoms with E-state index in [1.165, 1.54) is 24.8 Å². The number of nitrogens with one attached hydrogen (secondary N) is 1. The SMILES string of the molecule is C=C(C)CNCC1(N(C)C)CCC1. The smallest absolute Gasteiger partial charge is 0.0328 e. The molecule has 0 heterocycles. The van der Waals surface area contributed by atoms with Crippen molar-refractivity contribution < 1.29 is 0 Å². The molecule has 2 heteroatoms. The highest BCUT2D eigenvalue weighted by Gasteiger charge is 2.38. The first-order valence-corrected chi connectivity index (χ1v) is 5.09. The maximum absolute atomic E-state index is 3.89. The monoisotopic (exact) mass is 182 g/mol. The van der Waals surface area contributed by atoms with E-state index in [9.17, 15) is 0 Å². The Balaban J connectivity index is 2.28. The van der Waals surface area contributed by atoms with Crippen LogP contribution in [0.5, 0.6) is 0 Å². The van der Waals surface area contributed by atoms with Crippen molar-refractivity contribution in [1.82, 2.24) is 10.2 Å². The third-order valence-corrected chi connectivity index (χ3v) is 3.11. The molecule has 0 saturated heterocycles. The number of rotatable bonds is 5. The van der Waals surface area contributed by atoms with Crippen LogP contribution in [0, 0.1) is 0 Å². The summed E-state index contributed by atoms with van der Waals surface area (Å²) >= 11 is 0. The lowest BCUT2D eigenvalue weighted by Gasteiger charge is -2.47. The molecule has 1 aliphatic rings. The molecule has 1 N–H and O–H groups in total. The third-order valence-electron chi connectivity index (χ3n) is 3.11. The van der Waals surface area contributed by atoms with Crippen LogP contribution in [0.25, 0.3) is 0 Å². The van der Waals surface area contributed by atoms with Crippen LogP contribution in [0.4, 0.5) is 0 Å². The summed E-state index contributed by atoms with van der Waals surface area (Å²) in [6, 6.07) is 0. The zero-order valence-electron chi connectivity index (χ0n) is 9.19. The Labute approximate surface area is 82.0 Å². The van der Waals surface area contributed by atoms with Gasteiger partial charge in [-0.3, -0.25) is 0 Å². The predicted molar refractivity (Wildman–Crippen MR) is 58.0 cm³/mol. The van der Waals surface area contributed by atoms with Crippen molar-refractivity contribution in [3.63, 3.8) is 0 Å². The van der Waals surface area contributed by atoms with Gasteiger partial charge in [0.25, 0.3) is 0 Å². The van der Waals surface area contributed by atoms with Crippen LogP contribution in [0.3, 0.4) is 0 Å². The molecule has 0 aliphatic heterocycles. The van der Waals surface area contributed by atoms with E-state index < -0.39 is 0 Å².